The van der Waals surface area contributed by atoms with E-state index in [0.717, 1.165) is 6.42 Å². The summed E-state index contributed by atoms with van der Waals surface area (Å²) in [6.07, 6.45) is 7.57. The highest BCUT2D eigenvalue weighted by Gasteiger charge is 2.56. The number of carbonyl (C=O) groups excluding carboxylic acids is 1. The van der Waals surface area contributed by atoms with Crippen molar-refractivity contribution in [3.63, 3.8) is 0 Å². The van der Waals surface area contributed by atoms with Gasteiger partial charge in [-0.1, -0.05) is 39.3 Å². The van der Waals surface area contributed by atoms with Gasteiger partial charge in [0, 0.05) is 12.8 Å². The zero-order chi connectivity index (χ0) is 15.2. The molecule has 0 amide bonds. The van der Waals surface area contributed by atoms with Gasteiger partial charge in [0.15, 0.2) is 0 Å². The average molecular weight is 280 g/mol. The fourth-order valence-electron chi connectivity index (χ4n) is 4.63. The first-order chi connectivity index (χ1) is 9.09. The van der Waals surface area contributed by atoms with Gasteiger partial charge in [-0.25, -0.2) is 0 Å². The molecule has 114 valence electrons. The highest BCUT2D eigenvalue weighted by atomic mass is 16.5. The Balaban J connectivity index is 2.37. The molecule has 0 heterocycles. The van der Waals surface area contributed by atoms with Crippen molar-refractivity contribution in [1.82, 2.24) is 0 Å². The largest absolute Gasteiger partial charge is 0.465 e. The van der Waals surface area contributed by atoms with Crippen LogP contribution in [0.15, 0.2) is 12.2 Å². The standard InChI is InChI=1S/C17H28O3/c1-12(18)20-11-14-16(4)9-6-8-15(2,3)13(16)7-10-17(14,5)19/h7,10,13-14,19H,6,8-9,11H2,1-5H3/t13-,14+,16-,17-/m0/s1. The first-order valence-corrected chi connectivity index (χ1v) is 7.65. The molecule has 3 heteroatoms. The lowest BCUT2D eigenvalue weighted by Gasteiger charge is -2.58. The molecule has 2 aliphatic rings. The molecule has 2 rings (SSSR count). The maximum atomic E-state index is 11.2. The zero-order valence-corrected chi connectivity index (χ0v) is 13.4. The Hall–Kier alpha value is -0.830. The number of hydrogen-bond donors (Lipinski definition) is 1. The summed E-state index contributed by atoms with van der Waals surface area (Å²) in [5, 5.41) is 10.7. The fraction of sp³-hybridized carbons (Fsp3) is 0.824. The monoisotopic (exact) mass is 280 g/mol. The molecule has 0 aromatic carbocycles. The normalized spacial score (nSPS) is 42.9. The van der Waals surface area contributed by atoms with E-state index in [-0.39, 0.29) is 22.7 Å². The van der Waals surface area contributed by atoms with Crippen molar-refractivity contribution in [3.8, 4) is 0 Å². The molecule has 0 bridgehead atoms. The summed E-state index contributed by atoms with van der Waals surface area (Å²) < 4.78 is 5.27. The second-order valence-electron chi connectivity index (χ2n) is 7.77. The molecule has 2 aliphatic carbocycles. The number of esters is 1. The summed E-state index contributed by atoms with van der Waals surface area (Å²) in [6, 6.07) is 0. The van der Waals surface area contributed by atoms with Gasteiger partial charge in [-0.05, 0) is 36.5 Å². The lowest BCUT2D eigenvalue weighted by Crippen LogP contribution is -2.56. The Bertz CT molecular complexity index is 422. The molecule has 3 nitrogen and oxygen atoms in total. The van der Waals surface area contributed by atoms with Gasteiger partial charge < -0.3 is 9.84 Å². The molecule has 1 saturated carbocycles. The van der Waals surface area contributed by atoms with Crippen LogP contribution in [0.25, 0.3) is 0 Å². The molecule has 1 fully saturated rings. The second kappa shape index (κ2) is 4.87. The third kappa shape index (κ3) is 2.52. The van der Waals surface area contributed by atoms with Crippen LogP contribution < -0.4 is 0 Å². The molecule has 0 unspecified atom stereocenters. The Morgan fingerprint density at radius 1 is 1.30 bits per heavy atom. The number of aliphatic hydroxyl groups is 1. The van der Waals surface area contributed by atoms with Crippen LogP contribution >= 0.6 is 0 Å². The van der Waals surface area contributed by atoms with Crippen LogP contribution in [0.3, 0.4) is 0 Å². The van der Waals surface area contributed by atoms with Crippen molar-refractivity contribution in [1.29, 1.82) is 0 Å². The van der Waals surface area contributed by atoms with Gasteiger partial charge in [0.25, 0.3) is 0 Å². The van der Waals surface area contributed by atoms with Crippen molar-refractivity contribution in [3.05, 3.63) is 12.2 Å². The van der Waals surface area contributed by atoms with E-state index in [2.05, 4.69) is 26.8 Å². The summed E-state index contributed by atoms with van der Waals surface area (Å²) in [4.78, 5) is 11.2. The van der Waals surface area contributed by atoms with Crippen LogP contribution in [0, 0.1) is 22.7 Å². The van der Waals surface area contributed by atoms with Crippen LogP contribution in [0.4, 0.5) is 0 Å². The van der Waals surface area contributed by atoms with Gasteiger partial charge in [-0.15, -0.1) is 0 Å². The number of carbonyl (C=O) groups is 1. The molecule has 0 saturated heterocycles. The first kappa shape index (κ1) is 15.6. The van der Waals surface area contributed by atoms with Gasteiger partial charge in [0.05, 0.1) is 12.2 Å². The molecule has 0 aliphatic heterocycles. The third-order valence-corrected chi connectivity index (χ3v) is 5.67. The van der Waals surface area contributed by atoms with Gasteiger partial charge in [-0.2, -0.15) is 0 Å². The van der Waals surface area contributed by atoms with Crippen LogP contribution in [0.1, 0.15) is 53.9 Å². The molecule has 20 heavy (non-hydrogen) atoms. The number of hydrogen-bond acceptors (Lipinski definition) is 3. The van der Waals surface area contributed by atoms with E-state index in [1.54, 1.807) is 0 Å². The summed E-state index contributed by atoms with van der Waals surface area (Å²) in [5.41, 5.74) is -0.696. The molecule has 0 aromatic rings. The van der Waals surface area contributed by atoms with Gasteiger partial charge in [-0.3, -0.25) is 4.79 Å². The van der Waals surface area contributed by atoms with E-state index < -0.39 is 5.60 Å². The predicted molar refractivity (Wildman–Crippen MR) is 79.1 cm³/mol. The third-order valence-electron chi connectivity index (χ3n) is 5.67. The number of allylic oxidation sites excluding steroid dienone is 1. The highest BCUT2D eigenvalue weighted by Crippen LogP contribution is 2.59. The Morgan fingerprint density at radius 3 is 2.55 bits per heavy atom. The fourth-order valence-corrected chi connectivity index (χ4v) is 4.63. The number of rotatable bonds is 2. The summed E-state index contributed by atoms with van der Waals surface area (Å²) in [5.74, 6) is 0.101. The minimum absolute atomic E-state index is 0.0184. The maximum absolute atomic E-state index is 11.2. The smallest absolute Gasteiger partial charge is 0.302 e. The van der Waals surface area contributed by atoms with E-state index in [4.69, 9.17) is 4.74 Å². The topological polar surface area (TPSA) is 46.5 Å². The Kier molecular flexibility index (Phi) is 3.79. The summed E-state index contributed by atoms with van der Waals surface area (Å²) in [6.45, 7) is 10.4. The molecule has 0 radical (unpaired) electrons. The lowest BCUT2D eigenvalue weighted by atomic mass is 9.48. The quantitative estimate of drug-likeness (QED) is 0.623. The minimum Gasteiger partial charge on any atom is -0.465 e. The average Bonchev–Trinajstić information content (AvgIpc) is 2.25. The minimum atomic E-state index is -0.909. The van der Waals surface area contributed by atoms with Crippen LogP contribution in [-0.2, 0) is 9.53 Å². The molecular formula is C17H28O3. The van der Waals surface area contributed by atoms with Crippen molar-refractivity contribution in [2.45, 2.75) is 59.5 Å². The van der Waals surface area contributed by atoms with Crippen LogP contribution in [0.2, 0.25) is 0 Å². The molecule has 1 N–H and O–H groups in total. The predicted octanol–water partition coefficient (Wildman–Crippen LogP) is 3.32. The number of fused-ring (bicyclic) bond motifs is 1. The molecule has 0 spiro atoms. The van der Waals surface area contributed by atoms with E-state index in [9.17, 15) is 9.90 Å². The van der Waals surface area contributed by atoms with Crippen LogP contribution in [0.5, 0.6) is 0 Å². The lowest BCUT2D eigenvalue weighted by molar-refractivity contribution is -0.156. The van der Waals surface area contributed by atoms with E-state index in [0.29, 0.717) is 12.5 Å². The maximum Gasteiger partial charge on any atom is 0.302 e. The van der Waals surface area contributed by atoms with E-state index in [1.807, 2.05) is 13.0 Å². The summed E-state index contributed by atoms with van der Waals surface area (Å²) in [7, 11) is 0. The van der Waals surface area contributed by atoms with Crippen molar-refractivity contribution in [2.24, 2.45) is 22.7 Å². The molecular weight excluding hydrogens is 252 g/mol. The van der Waals surface area contributed by atoms with Crippen molar-refractivity contribution >= 4 is 5.97 Å². The van der Waals surface area contributed by atoms with E-state index in [1.165, 1.54) is 19.8 Å². The van der Waals surface area contributed by atoms with E-state index >= 15 is 0 Å². The van der Waals surface area contributed by atoms with Gasteiger partial charge in [0.1, 0.15) is 0 Å². The number of ether oxygens (including phenoxy) is 1. The SMILES string of the molecule is CC(=O)OC[C@@H]1[C@@]2(C)CCCC(C)(C)[C@@H]2C=C[C@]1(C)O. The zero-order valence-electron chi connectivity index (χ0n) is 13.4. The Labute approximate surface area is 122 Å². The van der Waals surface area contributed by atoms with Gasteiger partial charge >= 0.3 is 5.97 Å². The summed E-state index contributed by atoms with van der Waals surface area (Å²) >= 11 is 0. The highest BCUT2D eigenvalue weighted by molar-refractivity contribution is 5.65. The van der Waals surface area contributed by atoms with Crippen LogP contribution in [-0.4, -0.2) is 23.3 Å². The molecule has 0 aromatic heterocycles. The molecule has 4 atom stereocenters. The van der Waals surface area contributed by atoms with Gasteiger partial charge in [0.2, 0.25) is 0 Å². The second-order valence-corrected chi connectivity index (χ2v) is 7.77. The van der Waals surface area contributed by atoms with Crippen molar-refractivity contribution < 1.29 is 14.6 Å². The first-order valence-electron chi connectivity index (χ1n) is 7.65. The van der Waals surface area contributed by atoms with Crippen molar-refractivity contribution in [2.75, 3.05) is 6.61 Å². The Morgan fingerprint density at radius 2 is 1.95 bits per heavy atom.